The van der Waals surface area contributed by atoms with Crippen LogP contribution in [0.4, 0.5) is 5.82 Å². The van der Waals surface area contributed by atoms with Crippen molar-refractivity contribution in [2.45, 2.75) is 45.8 Å². The van der Waals surface area contributed by atoms with Crippen LogP contribution in [-0.4, -0.2) is 22.5 Å². The molecule has 1 atom stereocenters. The highest BCUT2D eigenvalue weighted by atomic mass is 35.5. The van der Waals surface area contributed by atoms with Crippen molar-refractivity contribution in [2.24, 2.45) is 0 Å². The van der Waals surface area contributed by atoms with Crippen LogP contribution in [0.15, 0.2) is 0 Å². The maximum Gasteiger partial charge on any atom is 0.141 e. The van der Waals surface area contributed by atoms with Crippen LogP contribution >= 0.6 is 11.6 Å². The summed E-state index contributed by atoms with van der Waals surface area (Å²) in [6, 6.07) is 0.154. The summed E-state index contributed by atoms with van der Waals surface area (Å²) in [5, 5.41) is 4.88. The number of hydrogen-bond acceptors (Lipinski definition) is 3. The minimum Gasteiger partial charge on any atom is -0.383 e. The smallest absolute Gasteiger partial charge is 0.141 e. The highest BCUT2D eigenvalue weighted by molar-refractivity contribution is 6.33. The summed E-state index contributed by atoms with van der Waals surface area (Å²) in [4.78, 5) is 0. The van der Waals surface area contributed by atoms with Crippen molar-refractivity contribution in [2.75, 3.05) is 12.8 Å². The average Bonchev–Trinajstić information content (AvgIpc) is 2.45. The van der Waals surface area contributed by atoms with Gasteiger partial charge >= 0.3 is 0 Å². The lowest BCUT2D eigenvalue weighted by Gasteiger charge is -2.27. The quantitative estimate of drug-likeness (QED) is 0.888. The van der Waals surface area contributed by atoms with E-state index in [4.69, 9.17) is 22.1 Å². The van der Waals surface area contributed by atoms with Crippen LogP contribution in [0.3, 0.4) is 0 Å². The Morgan fingerprint density at radius 1 is 1.56 bits per heavy atom. The molecule has 0 aromatic carbocycles. The maximum atomic E-state index is 6.01. The van der Waals surface area contributed by atoms with Crippen molar-refractivity contribution in [1.82, 2.24) is 9.78 Å². The van der Waals surface area contributed by atoms with Gasteiger partial charge in [0.2, 0.25) is 0 Å². The van der Waals surface area contributed by atoms with E-state index in [9.17, 15) is 0 Å². The minimum atomic E-state index is -0.196. The van der Waals surface area contributed by atoms with Crippen molar-refractivity contribution < 1.29 is 4.74 Å². The summed E-state index contributed by atoms with van der Waals surface area (Å²) in [6.07, 6.45) is 0.825. The third-order valence-electron chi connectivity index (χ3n) is 2.80. The van der Waals surface area contributed by atoms with E-state index in [0.29, 0.717) is 10.8 Å². The molecule has 0 saturated heterocycles. The molecule has 0 amide bonds. The number of aromatic nitrogens is 2. The molecule has 1 aromatic heterocycles. The number of halogens is 1. The number of aryl methyl sites for hydroxylation is 1. The Morgan fingerprint density at radius 3 is 2.50 bits per heavy atom. The molecule has 1 unspecified atom stereocenters. The zero-order valence-corrected chi connectivity index (χ0v) is 11.3. The second-order valence-electron chi connectivity index (χ2n) is 4.75. The number of hydrogen-bond donors (Lipinski definition) is 1. The van der Waals surface area contributed by atoms with Gasteiger partial charge in [-0.05, 0) is 34.1 Å². The Labute approximate surface area is 102 Å². The Balaban J connectivity index is 2.89. The Bertz CT molecular complexity index is 374. The summed E-state index contributed by atoms with van der Waals surface area (Å²) in [7, 11) is 1.71. The average molecular weight is 246 g/mol. The molecule has 1 rings (SSSR count). The molecule has 0 spiro atoms. The van der Waals surface area contributed by atoms with E-state index in [-0.39, 0.29) is 11.6 Å². The van der Waals surface area contributed by atoms with E-state index < -0.39 is 0 Å². The lowest BCUT2D eigenvalue weighted by Crippen LogP contribution is -2.27. The van der Waals surface area contributed by atoms with Gasteiger partial charge in [0.15, 0.2) is 0 Å². The molecule has 0 aliphatic rings. The van der Waals surface area contributed by atoms with Crippen LogP contribution in [0.5, 0.6) is 0 Å². The topological polar surface area (TPSA) is 53.1 Å². The summed E-state index contributed by atoms with van der Waals surface area (Å²) < 4.78 is 7.15. The first-order valence-corrected chi connectivity index (χ1v) is 5.71. The number of nitrogens with zero attached hydrogens (tertiary/aromatic N) is 2. The molecule has 0 aliphatic heterocycles. The number of rotatable bonds is 4. The van der Waals surface area contributed by atoms with Gasteiger partial charge in [0.1, 0.15) is 10.8 Å². The van der Waals surface area contributed by atoms with Crippen LogP contribution < -0.4 is 5.73 Å². The summed E-state index contributed by atoms with van der Waals surface area (Å²) >= 11 is 6.01. The van der Waals surface area contributed by atoms with Crippen LogP contribution in [0, 0.1) is 6.92 Å². The van der Waals surface area contributed by atoms with Gasteiger partial charge in [-0.3, -0.25) is 0 Å². The third kappa shape index (κ3) is 2.68. The Morgan fingerprint density at radius 2 is 2.12 bits per heavy atom. The number of methoxy groups -OCH3 is 1. The lowest BCUT2D eigenvalue weighted by molar-refractivity contribution is 0.00440. The fraction of sp³-hybridized carbons (Fsp3) is 0.727. The van der Waals surface area contributed by atoms with Crippen LogP contribution in [-0.2, 0) is 4.74 Å². The van der Waals surface area contributed by atoms with Gasteiger partial charge in [-0.2, -0.15) is 5.10 Å². The second-order valence-corrected chi connectivity index (χ2v) is 5.12. The highest BCUT2D eigenvalue weighted by Crippen LogP contribution is 2.29. The number of anilines is 1. The summed E-state index contributed by atoms with van der Waals surface area (Å²) in [5.74, 6) is 0.526. The minimum absolute atomic E-state index is 0.154. The van der Waals surface area contributed by atoms with Crippen molar-refractivity contribution in [1.29, 1.82) is 0 Å². The molecule has 4 nitrogen and oxygen atoms in total. The van der Waals surface area contributed by atoms with Crippen LogP contribution in [0.1, 0.15) is 38.9 Å². The predicted molar refractivity (Wildman–Crippen MR) is 66.8 cm³/mol. The Hall–Kier alpha value is -0.740. The molecule has 0 radical (unpaired) electrons. The zero-order chi connectivity index (χ0) is 12.5. The normalized spacial score (nSPS) is 14.1. The van der Waals surface area contributed by atoms with Crippen molar-refractivity contribution in [3.63, 3.8) is 0 Å². The van der Waals surface area contributed by atoms with Gasteiger partial charge in [0, 0.05) is 7.11 Å². The molecule has 0 fully saturated rings. The summed E-state index contributed by atoms with van der Waals surface area (Å²) in [6.45, 7) is 7.98. The van der Waals surface area contributed by atoms with Crippen molar-refractivity contribution in [3.8, 4) is 0 Å². The molecule has 92 valence electrons. The first-order valence-electron chi connectivity index (χ1n) is 5.33. The number of ether oxygens (including phenoxy) is 1. The molecule has 16 heavy (non-hydrogen) atoms. The van der Waals surface area contributed by atoms with E-state index in [1.54, 1.807) is 11.8 Å². The number of nitrogens with two attached hydrogens (primary N) is 1. The molecular formula is C11H20ClN3O. The molecule has 0 aliphatic carbocycles. The molecule has 5 heteroatoms. The van der Waals surface area contributed by atoms with Gasteiger partial charge in [0.25, 0.3) is 0 Å². The molecule has 1 aromatic rings. The molecule has 0 saturated carbocycles. The third-order valence-corrected chi connectivity index (χ3v) is 3.27. The van der Waals surface area contributed by atoms with Gasteiger partial charge < -0.3 is 10.5 Å². The Kier molecular flexibility index (Phi) is 3.86. The van der Waals surface area contributed by atoms with Gasteiger partial charge in [-0.1, -0.05) is 11.6 Å². The van der Waals surface area contributed by atoms with Crippen molar-refractivity contribution >= 4 is 17.4 Å². The maximum absolute atomic E-state index is 6.01. The fourth-order valence-corrected chi connectivity index (χ4v) is 1.89. The fourth-order valence-electron chi connectivity index (χ4n) is 1.76. The second kappa shape index (κ2) is 4.63. The van der Waals surface area contributed by atoms with Crippen molar-refractivity contribution in [3.05, 3.63) is 10.7 Å². The van der Waals surface area contributed by atoms with E-state index in [2.05, 4.69) is 12.0 Å². The molecular weight excluding hydrogens is 226 g/mol. The molecule has 1 heterocycles. The highest BCUT2D eigenvalue weighted by Gasteiger charge is 2.23. The van der Waals surface area contributed by atoms with Gasteiger partial charge in [0.05, 0.1) is 17.3 Å². The monoisotopic (exact) mass is 245 g/mol. The summed E-state index contributed by atoms with van der Waals surface area (Å²) in [5.41, 5.74) is 6.46. The van der Waals surface area contributed by atoms with E-state index in [0.717, 1.165) is 12.1 Å². The lowest BCUT2D eigenvalue weighted by atomic mass is 10.00. The standard InChI is InChI=1S/C11H20ClN3O/c1-7(6-11(3,4)16-5)15-10(13)9(12)8(2)14-15/h7H,6,13H2,1-5H3. The molecule has 2 N–H and O–H groups in total. The van der Waals surface area contributed by atoms with E-state index >= 15 is 0 Å². The van der Waals surface area contributed by atoms with Crippen LogP contribution in [0.2, 0.25) is 5.02 Å². The molecule has 0 bridgehead atoms. The van der Waals surface area contributed by atoms with Gasteiger partial charge in [-0.25, -0.2) is 4.68 Å². The first kappa shape index (κ1) is 13.3. The van der Waals surface area contributed by atoms with E-state index in [1.165, 1.54) is 0 Å². The van der Waals surface area contributed by atoms with E-state index in [1.807, 2.05) is 20.8 Å². The first-order chi connectivity index (χ1) is 7.28. The van der Waals surface area contributed by atoms with Crippen LogP contribution in [0.25, 0.3) is 0 Å². The zero-order valence-electron chi connectivity index (χ0n) is 10.5. The predicted octanol–water partition coefficient (Wildman–Crippen LogP) is 2.80. The number of nitrogen functional groups attached to an aromatic ring is 1. The SMILES string of the molecule is COC(C)(C)CC(C)n1nc(C)c(Cl)c1N. The van der Waals surface area contributed by atoms with Gasteiger partial charge in [-0.15, -0.1) is 0 Å². The largest absolute Gasteiger partial charge is 0.383 e.